The van der Waals surface area contributed by atoms with Gasteiger partial charge in [-0.15, -0.1) is 0 Å². The molecule has 282 valence electrons. The Hall–Kier alpha value is -5.58. The molecule has 1 aromatic heterocycles. The van der Waals surface area contributed by atoms with Crippen LogP contribution in [0.25, 0.3) is 21.5 Å². The summed E-state index contributed by atoms with van der Waals surface area (Å²) in [6.45, 7) is 8.31. The molecule has 1 saturated heterocycles. The van der Waals surface area contributed by atoms with Crippen molar-refractivity contribution in [1.82, 2.24) is 35.2 Å². The zero-order valence-corrected chi connectivity index (χ0v) is 31.7. The first kappa shape index (κ1) is 38.2. The number of piperazine rings is 1. The minimum atomic E-state index is -0.788. The summed E-state index contributed by atoms with van der Waals surface area (Å²) in [4.78, 5) is 62.5. The second-order valence-corrected chi connectivity index (χ2v) is 15.0. The number of rotatable bonds is 14. The van der Waals surface area contributed by atoms with Crippen molar-refractivity contribution in [3.63, 3.8) is 0 Å². The number of hydrogen-bond donors (Lipinski definition) is 2. The van der Waals surface area contributed by atoms with Crippen LogP contribution in [0, 0.1) is 5.92 Å². The Morgan fingerprint density at radius 1 is 0.704 bits per heavy atom. The fraction of sp³-hybridized carbons (Fsp3) is 0.395. The van der Waals surface area contributed by atoms with Crippen molar-refractivity contribution in [3.8, 4) is 0 Å². The number of aryl methyl sites for hydroxylation is 1. The van der Waals surface area contributed by atoms with Gasteiger partial charge < -0.3 is 20.4 Å². The third kappa shape index (κ3) is 9.69. The third-order valence-electron chi connectivity index (χ3n) is 10.3. The van der Waals surface area contributed by atoms with E-state index in [4.69, 9.17) is 0 Å². The van der Waals surface area contributed by atoms with E-state index in [1.165, 1.54) is 20.2 Å². The summed E-state index contributed by atoms with van der Waals surface area (Å²) in [7, 11) is 0. The van der Waals surface area contributed by atoms with E-state index in [-0.39, 0.29) is 41.6 Å². The van der Waals surface area contributed by atoms with Crippen LogP contribution >= 0.6 is 0 Å². The van der Waals surface area contributed by atoms with Gasteiger partial charge in [-0.05, 0) is 57.9 Å². The highest BCUT2D eigenvalue weighted by atomic mass is 16.2. The molecule has 4 amide bonds. The lowest BCUT2D eigenvalue weighted by molar-refractivity contribution is -0.151. The van der Waals surface area contributed by atoms with E-state index in [0.717, 1.165) is 32.7 Å². The molecule has 1 aliphatic rings. The van der Waals surface area contributed by atoms with Gasteiger partial charge in [-0.25, -0.2) is 4.98 Å². The van der Waals surface area contributed by atoms with E-state index in [1.54, 1.807) is 11.0 Å². The fourth-order valence-corrected chi connectivity index (χ4v) is 7.81. The predicted octanol–water partition coefficient (Wildman–Crippen LogP) is 5.31. The van der Waals surface area contributed by atoms with Gasteiger partial charge in [0, 0.05) is 58.4 Å². The van der Waals surface area contributed by atoms with E-state index >= 15 is 0 Å². The molecule has 0 aliphatic carbocycles. The highest BCUT2D eigenvalue weighted by Crippen LogP contribution is 2.27. The normalized spacial score (nSPS) is 17.1. The molecule has 1 fully saturated rings. The molecule has 11 heteroatoms. The summed E-state index contributed by atoms with van der Waals surface area (Å²) < 4.78 is 1.76. The number of aromatic nitrogens is 3. The quantitative estimate of drug-likeness (QED) is 0.159. The standard InChI is InChI=1S/C43H51N7O4/c1-29(2)20-39-26-49(42(53)40(46-30(3)51)23-32-15-17-34-10-5-7-12-36(34)21-32)38(14-9-19-48-28-44-27-45-48)25-50(39)43(54)41(47-31(4)52)24-33-16-18-35-11-6-8-13-37(35)22-33/h5-8,10-13,15-18,21-22,27-29,38-41H,9,14,19-20,23-26H2,1-4H3,(H,46,51)(H,47,52)/t38-,39+,40+,41+/m0/s1. The Bertz CT molecular complexity index is 2080. The summed E-state index contributed by atoms with van der Waals surface area (Å²) in [5.41, 5.74) is 1.90. The number of benzene rings is 4. The Morgan fingerprint density at radius 2 is 1.20 bits per heavy atom. The zero-order valence-electron chi connectivity index (χ0n) is 31.7. The van der Waals surface area contributed by atoms with E-state index in [1.807, 2.05) is 82.6 Å². The van der Waals surface area contributed by atoms with Gasteiger partial charge in [0.2, 0.25) is 23.6 Å². The van der Waals surface area contributed by atoms with Gasteiger partial charge in [-0.2, -0.15) is 5.10 Å². The maximum absolute atomic E-state index is 14.8. The molecule has 0 saturated carbocycles. The summed E-state index contributed by atoms with van der Waals surface area (Å²) in [6.07, 6.45) is 5.79. The molecular formula is C43H51N7O4. The van der Waals surface area contributed by atoms with Crippen molar-refractivity contribution in [2.45, 2.75) is 90.5 Å². The highest BCUT2D eigenvalue weighted by Gasteiger charge is 2.42. The van der Waals surface area contributed by atoms with Crippen molar-refractivity contribution < 1.29 is 19.2 Å². The monoisotopic (exact) mass is 729 g/mol. The number of amides is 4. The van der Waals surface area contributed by atoms with Crippen LogP contribution in [0.15, 0.2) is 97.6 Å². The van der Waals surface area contributed by atoms with E-state index < -0.39 is 12.1 Å². The maximum atomic E-state index is 14.8. The van der Waals surface area contributed by atoms with Crippen LogP contribution in [-0.2, 0) is 38.6 Å². The Labute approximate surface area is 317 Å². The largest absolute Gasteiger partial charge is 0.344 e. The van der Waals surface area contributed by atoms with Crippen LogP contribution in [0.1, 0.15) is 58.1 Å². The molecule has 11 nitrogen and oxygen atoms in total. The van der Waals surface area contributed by atoms with Crippen LogP contribution in [0.3, 0.4) is 0 Å². The lowest BCUT2D eigenvalue weighted by atomic mass is 9.92. The average Bonchev–Trinajstić information content (AvgIpc) is 3.67. The molecule has 0 unspecified atom stereocenters. The van der Waals surface area contributed by atoms with Gasteiger partial charge in [0.15, 0.2) is 0 Å². The summed E-state index contributed by atoms with van der Waals surface area (Å²) >= 11 is 0. The molecule has 6 rings (SSSR count). The van der Waals surface area contributed by atoms with Crippen molar-refractivity contribution in [2.75, 3.05) is 13.1 Å². The first-order valence-electron chi connectivity index (χ1n) is 19.0. The van der Waals surface area contributed by atoms with Crippen molar-refractivity contribution in [2.24, 2.45) is 5.92 Å². The minimum absolute atomic E-state index is 0.160. The SMILES string of the molecule is CC(=O)N[C@H](Cc1ccc2ccccc2c1)C(=O)N1C[C@H](CCCn2cncn2)N(C(=O)[C@@H](Cc2ccc3ccccc3c2)NC(C)=O)C[C@H]1CC(C)C. The number of hydrogen-bond acceptors (Lipinski definition) is 6. The van der Waals surface area contributed by atoms with Gasteiger partial charge >= 0.3 is 0 Å². The molecule has 54 heavy (non-hydrogen) atoms. The smallest absolute Gasteiger partial charge is 0.245 e. The summed E-state index contributed by atoms with van der Waals surface area (Å²) in [5, 5.41) is 14.5. The Balaban J connectivity index is 1.30. The molecule has 4 atom stereocenters. The van der Waals surface area contributed by atoms with Crippen LogP contribution in [-0.4, -0.2) is 85.4 Å². The van der Waals surface area contributed by atoms with Gasteiger partial charge in [0.05, 0.1) is 0 Å². The first-order valence-corrected chi connectivity index (χ1v) is 19.0. The van der Waals surface area contributed by atoms with Crippen LogP contribution in [0.4, 0.5) is 0 Å². The van der Waals surface area contributed by atoms with Crippen LogP contribution < -0.4 is 10.6 Å². The molecule has 5 aromatic rings. The molecule has 0 spiro atoms. The third-order valence-corrected chi connectivity index (χ3v) is 10.3. The van der Waals surface area contributed by atoms with Gasteiger partial charge in [0.1, 0.15) is 24.7 Å². The van der Waals surface area contributed by atoms with Gasteiger partial charge in [-0.1, -0.05) is 98.8 Å². The fourth-order valence-electron chi connectivity index (χ4n) is 7.81. The molecule has 4 aromatic carbocycles. The van der Waals surface area contributed by atoms with Gasteiger partial charge in [0.25, 0.3) is 0 Å². The number of carbonyl (C=O) groups is 4. The molecule has 0 bridgehead atoms. The minimum Gasteiger partial charge on any atom is -0.344 e. The lowest BCUT2D eigenvalue weighted by Gasteiger charge is -2.48. The summed E-state index contributed by atoms with van der Waals surface area (Å²) in [5.74, 6) is -0.656. The maximum Gasteiger partial charge on any atom is 0.245 e. The number of carbonyl (C=O) groups excluding carboxylic acids is 4. The van der Waals surface area contributed by atoms with E-state index in [9.17, 15) is 19.2 Å². The Morgan fingerprint density at radius 3 is 1.69 bits per heavy atom. The topological polar surface area (TPSA) is 130 Å². The molecule has 1 aliphatic heterocycles. The second kappa shape index (κ2) is 17.5. The Kier molecular flexibility index (Phi) is 12.4. The average molecular weight is 730 g/mol. The van der Waals surface area contributed by atoms with Crippen molar-refractivity contribution >= 4 is 45.2 Å². The predicted molar refractivity (Wildman–Crippen MR) is 210 cm³/mol. The van der Waals surface area contributed by atoms with E-state index in [2.05, 4.69) is 46.7 Å². The number of fused-ring (bicyclic) bond motifs is 2. The molecule has 2 N–H and O–H groups in total. The molecule has 2 heterocycles. The van der Waals surface area contributed by atoms with Gasteiger partial charge in [-0.3, -0.25) is 23.9 Å². The summed E-state index contributed by atoms with van der Waals surface area (Å²) in [6, 6.07) is 26.2. The highest BCUT2D eigenvalue weighted by molar-refractivity contribution is 5.90. The second-order valence-electron chi connectivity index (χ2n) is 15.0. The van der Waals surface area contributed by atoms with Crippen molar-refractivity contribution in [1.29, 1.82) is 0 Å². The first-order chi connectivity index (χ1) is 26.0. The van der Waals surface area contributed by atoms with Crippen LogP contribution in [0.2, 0.25) is 0 Å². The molecule has 0 radical (unpaired) electrons. The number of nitrogens with zero attached hydrogens (tertiary/aromatic N) is 5. The van der Waals surface area contributed by atoms with Crippen LogP contribution in [0.5, 0.6) is 0 Å². The lowest BCUT2D eigenvalue weighted by Crippen LogP contribution is -2.66. The zero-order chi connectivity index (χ0) is 38.2. The molecular weight excluding hydrogens is 679 g/mol. The van der Waals surface area contributed by atoms with E-state index in [0.29, 0.717) is 51.7 Å². The number of nitrogens with one attached hydrogen (secondary N) is 2. The van der Waals surface area contributed by atoms with Crippen molar-refractivity contribution in [3.05, 3.63) is 109 Å².